The van der Waals surface area contributed by atoms with E-state index < -0.39 is 17.1 Å². The summed E-state index contributed by atoms with van der Waals surface area (Å²) in [5.41, 5.74) is 3.16. The monoisotopic (exact) mass is 460 g/mol. The summed E-state index contributed by atoms with van der Waals surface area (Å²) >= 11 is 6.97. The van der Waals surface area contributed by atoms with E-state index in [1.807, 2.05) is 26.0 Å². The van der Waals surface area contributed by atoms with Crippen LogP contribution in [0.15, 0.2) is 35.2 Å². The van der Waals surface area contributed by atoms with Gasteiger partial charge in [-0.05, 0) is 66.6 Å². The van der Waals surface area contributed by atoms with Crippen molar-refractivity contribution in [2.75, 3.05) is 26.1 Å². The summed E-state index contributed by atoms with van der Waals surface area (Å²) in [5.74, 6) is -0.227. The number of imide groups is 1. The third kappa shape index (κ3) is 4.86. The van der Waals surface area contributed by atoms with Crippen LogP contribution in [0.25, 0.3) is 6.08 Å². The minimum Gasteiger partial charge on any atom is -0.493 e. The van der Waals surface area contributed by atoms with E-state index >= 15 is 0 Å². The zero-order valence-corrected chi connectivity index (χ0v) is 19.0. The predicted molar refractivity (Wildman–Crippen MR) is 122 cm³/mol. The molecule has 1 saturated heterocycles. The van der Waals surface area contributed by atoms with Crippen LogP contribution in [0, 0.1) is 13.8 Å². The maximum atomic E-state index is 12.7. The van der Waals surface area contributed by atoms with E-state index in [9.17, 15) is 14.4 Å². The van der Waals surface area contributed by atoms with E-state index in [2.05, 4.69) is 5.32 Å². The first kappa shape index (κ1) is 22.7. The number of aryl methyl sites for hydroxylation is 1. The topological polar surface area (TPSA) is 84.9 Å². The molecule has 162 valence electrons. The van der Waals surface area contributed by atoms with Crippen molar-refractivity contribution in [3.05, 3.63) is 56.9 Å². The van der Waals surface area contributed by atoms with Gasteiger partial charge in [0.1, 0.15) is 6.54 Å². The molecule has 0 aliphatic carbocycles. The lowest BCUT2D eigenvalue weighted by Crippen LogP contribution is -2.36. The number of halogens is 1. The number of nitrogens with one attached hydrogen (secondary N) is 1. The van der Waals surface area contributed by atoms with Crippen LogP contribution in [0.1, 0.15) is 16.7 Å². The van der Waals surface area contributed by atoms with E-state index in [4.69, 9.17) is 21.1 Å². The average Bonchev–Trinajstić information content (AvgIpc) is 2.98. The molecule has 1 aliphatic heterocycles. The van der Waals surface area contributed by atoms with Crippen LogP contribution in [-0.2, 0) is 9.59 Å². The summed E-state index contributed by atoms with van der Waals surface area (Å²) in [7, 11) is 2.94. The Morgan fingerprint density at radius 1 is 1.19 bits per heavy atom. The van der Waals surface area contributed by atoms with Gasteiger partial charge in [-0.3, -0.25) is 19.3 Å². The minimum atomic E-state index is -0.544. The lowest BCUT2D eigenvalue weighted by Gasteiger charge is -2.14. The lowest BCUT2D eigenvalue weighted by atomic mass is 10.1. The number of amides is 3. The molecule has 2 aromatic carbocycles. The summed E-state index contributed by atoms with van der Waals surface area (Å²) in [5, 5.41) is 2.55. The minimum absolute atomic E-state index is 0.188. The fourth-order valence-electron chi connectivity index (χ4n) is 3.03. The van der Waals surface area contributed by atoms with Gasteiger partial charge in [0.25, 0.3) is 11.1 Å². The van der Waals surface area contributed by atoms with Crippen molar-refractivity contribution in [3.63, 3.8) is 0 Å². The fraction of sp³-hybridized carbons (Fsp3) is 0.227. The number of carbonyl (C=O) groups is 3. The summed E-state index contributed by atoms with van der Waals surface area (Å²) in [6.07, 6.45) is 1.53. The molecule has 2 aromatic rings. The standard InChI is InChI=1S/C22H21ClN2O5S/c1-12-6-5-7-16(13(12)2)24-19(26)11-25-21(27)18(31-22(25)28)10-14-8-15(23)20(30-4)17(9-14)29-3/h5-10H,11H2,1-4H3,(H,24,26)/b18-10-. The first-order chi connectivity index (χ1) is 14.7. The van der Waals surface area contributed by atoms with Gasteiger partial charge in [0.2, 0.25) is 5.91 Å². The Balaban J connectivity index is 1.77. The highest BCUT2D eigenvalue weighted by Crippen LogP contribution is 2.38. The number of ether oxygens (including phenoxy) is 2. The summed E-state index contributed by atoms with van der Waals surface area (Å²) in [4.78, 5) is 38.7. The molecule has 3 amide bonds. The number of hydrogen-bond donors (Lipinski definition) is 1. The van der Waals surface area contributed by atoms with Gasteiger partial charge in [-0.1, -0.05) is 23.7 Å². The van der Waals surface area contributed by atoms with Gasteiger partial charge < -0.3 is 14.8 Å². The van der Waals surface area contributed by atoms with Gasteiger partial charge in [0.05, 0.1) is 24.1 Å². The average molecular weight is 461 g/mol. The van der Waals surface area contributed by atoms with Gasteiger partial charge >= 0.3 is 0 Å². The number of rotatable bonds is 6. The molecule has 9 heteroatoms. The van der Waals surface area contributed by atoms with Crippen molar-refractivity contribution >= 4 is 52.2 Å². The van der Waals surface area contributed by atoms with E-state index in [-0.39, 0.29) is 11.4 Å². The summed E-state index contributed by atoms with van der Waals surface area (Å²) in [6.45, 7) is 3.46. The number of thioether (sulfide) groups is 1. The SMILES string of the molecule is COc1cc(/C=C2\SC(=O)N(CC(=O)Nc3cccc(C)c3C)C2=O)cc(Cl)c1OC. The maximum absolute atomic E-state index is 12.7. The number of hydrogen-bond acceptors (Lipinski definition) is 6. The highest BCUT2D eigenvalue weighted by molar-refractivity contribution is 8.18. The summed E-state index contributed by atoms with van der Waals surface area (Å²) < 4.78 is 10.5. The molecule has 0 aromatic heterocycles. The smallest absolute Gasteiger partial charge is 0.294 e. The van der Waals surface area contributed by atoms with Gasteiger partial charge in [0.15, 0.2) is 11.5 Å². The van der Waals surface area contributed by atoms with Crippen LogP contribution in [0.4, 0.5) is 10.5 Å². The van der Waals surface area contributed by atoms with Crippen LogP contribution in [-0.4, -0.2) is 42.7 Å². The molecule has 0 bridgehead atoms. The zero-order valence-electron chi connectivity index (χ0n) is 17.4. The molecule has 0 unspecified atom stereocenters. The molecular weight excluding hydrogens is 440 g/mol. The number of methoxy groups -OCH3 is 2. The number of benzene rings is 2. The first-order valence-corrected chi connectivity index (χ1v) is 10.5. The van der Waals surface area contributed by atoms with Crippen LogP contribution in [0.2, 0.25) is 5.02 Å². The lowest BCUT2D eigenvalue weighted by molar-refractivity contribution is -0.127. The van der Waals surface area contributed by atoms with Crippen molar-refractivity contribution < 1.29 is 23.9 Å². The van der Waals surface area contributed by atoms with Gasteiger partial charge in [-0.15, -0.1) is 0 Å². The molecule has 1 aliphatic rings. The summed E-state index contributed by atoms with van der Waals surface area (Å²) in [6, 6.07) is 8.78. The van der Waals surface area contributed by atoms with Crippen molar-refractivity contribution in [1.29, 1.82) is 0 Å². The van der Waals surface area contributed by atoms with Crippen molar-refractivity contribution in [2.24, 2.45) is 0 Å². The highest BCUT2D eigenvalue weighted by Gasteiger charge is 2.36. The van der Waals surface area contributed by atoms with E-state index in [1.165, 1.54) is 20.3 Å². The number of nitrogens with zero attached hydrogens (tertiary/aromatic N) is 1. The third-order valence-corrected chi connectivity index (χ3v) is 6.00. The van der Waals surface area contributed by atoms with Crippen molar-refractivity contribution in [1.82, 2.24) is 4.90 Å². The quantitative estimate of drug-likeness (QED) is 0.631. The Bertz CT molecular complexity index is 1100. The van der Waals surface area contributed by atoms with Crippen molar-refractivity contribution in [3.8, 4) is 11.5 Å². The second kappa shape index (κ2) is 9.45. The molecule has 1 heterocycles. The fourth-order valence-corrected chi connectivity index (χ4v) is 4.16. The van der Waals surface area contributed by atoms with E-state index in [0.717, 1.165) is 27.8 Å². The van der Waals surface area contributed by atoms with Crippen LogP contribution in [0.5, 0.6) is 11.5 Å². The molecule has 1 fully saturated rings. The molecule has 0 atom stereocenters. The normalized spacial score (nSPS) is 14.9. The molecule has 3 rings (SSSR count). The first-order valence-electron chi connectivity index (χ1n) is 9.28. The van der Waals surface area contributed by atoms with Crippen LogP contribution >= 0.6 is 23.4 Å². The van der Waals surface area contributed by atoms with E-state index in [0.29, 0.717) is 27.8 Å². The van der Waals surface area contributed by atoms with Crippen LogP contribution in [0.3, 0.4) is 0 Å². The Morgan fingerprint density at radius 3 is 2.61 bits per heavy atom. The van der Waals surface area contributed by atoms with Gasteiger partial charge in [-0.25, -0.2) is 0 Å². The molecule has 31 heavy (non-hydrogen) atoms. The Morgan fingerprint density at radius 2 is 1.94 bits per heavy atom. The number of anilines is 1. The zero-order chi connectivity index (χ0) is 22.7. The molecule has 0 spiro atoms. The maximum Gasteiger partial charge on any atom is 0.294 e. The Hall–Kier alpha value is -2.97. The predicted octanol–water partition coefficient (Wildman–Crippen LogP) is 4.65. The third-order valence-electron chi connectivity index (χ3n) is 4.81. The van der Waals surface area contributed by atoms with E-state index in [1.54, 1.807) is 18.2 Å². The molecule has 7 nitrogen and oxygen atoms in total. The second-order valence-corrected chi connectivity index (χ2v) is 8.20. The Labute approximate surface area is 189 Å². The second-order valence-electron chi connectivity index (χ2n) is 6.80. The molecule has 0 radical (unpaired) electrons. The van der Waals surface area contributed by atoms with Gasteiger partial charge in [-0.2, -0.15) is 0 Å². The van der Waals surface area contributed by atoms with Gasteiger partial charge in [0, 0.05) is 5.69 Å². The van der Waals surface area contributed by atoms with Crippen molar-refractivity contribution in [2.45, 2.75) is 13.8 Å². The largest absolute Gasteiger partial charge is 0.493 e. The number of carbonyl (C=O) groups excluding carboxylic acids is 3. The highest BCUT2D eigenvalue weighted by atomic mass is 35.5. The Kier molecular flexibility index (Phi) is 6.92. The molecule has 1 N–H and O–H groups in total. The molecule has 0 saturated carbocycles. The molecular formula is C22H21ClN2O5S. The van der Waals surface area contributed by atoms with Crippen LogP contribution < -0.4 is 14.8 Å².